The number of aliphatic hydroxyl groups excluding tert-OH is 1. The van der Waals surface area contributed by atoms with E-state index >= 15 is 0 Å². The highest BCUT2D eigenvalue weighted by molar-refractivity contribution is 5.48. The smallest absolute Gasteiger partial charge is 0.172 e. The number of piperidine rings is 1. The third-order valence-corrected chi connectivity index (χ3v) is 3.84. The lowest BCUT2D eigenvalue weighted by Gasteiger charge is -2.39. The molecule has 1 aromatic carbocycles. The van der Waals surface area contributed by atoms with E-state index in [1.807, 2.05) is 11.0 Å². The van der Waals surface area contributed by atoms with Crippen molar-refractivity contribution in [2.75, 3.05) is 31.2 Å². The van der Waals surface area contributed by atoms with E-state index in [0.29, 0.717) is 38.2 Å². The van der Waals surface area contributed by atoms with E-state index in [1.54, 1.807) is 12.1 Å². The predicted molar refractivity (Wildman–Crippen MR) is 68.5 cm³/mol. The second-order valence-electron chi connectivity index (χ2n) is 5.08. The highest BCUT2D eigenvalue weighted by Gasteiger charge is 2.43. The van der Waals surface area contributed by atoms with Crippen LogP contribution in [0.5, 0.6) is 0 Å². The number of ether oxygens (including phenoxy) is 2. The average Bonchev–Trinajstić information content (AvgIpc) is 2.84. The van der Waals surface area contributed by atoms with Crippen molar-refractivity contribution in [3.05, 3.63) is 30.1 Å². The zero-order chi connectivity index (χ0) is 13.3. The summed E-state index contributed by atoms with van der Waals surface area (Å²) in [6.45, 7) is 1.81. The molecule has 1 N–H and O–H groups in total. The molecular formula is C14H18FNO3. The molecule has 19 heavy (non-hydrogen) atoms. The molecule has 2 aliphatic rings. The summed E-state index contributed by atoms with van der Waals surface area (Å²) >= 11 is 0. The Morgan fingerprint density at radius 3 is 2.68 bits per heavy atom. The third kappa shape index (κ3) is 2.45. The number of anilines is 1. The van der Waals surface area contributed by atoms with Gasteiger partial charge in [0.25, 0.3) is 0 Å². The molecule has 5 heteroatoms. The van der Waals surface area contributed by atoms with Crippen LogP contribution >= 0.6 is 0 Å². The van der Waals surface area contributed by atoms with Gasteiger partial charge < -0.3 is 19.5 Å². The van der Waals surface area contributed by atoms with Gasteiger partial charge in [0.1, 0.15) is 11.9 Å². The Morgan fingerprint density at radius 2 is 2.05 bits per heavy atom. The van der Waals surface area contributed by atoms with E-state index in [1.165, 1.54) is 6.07 Å². The number of para-hydroxylation sites is 1. The largest absolute Gasteiger partial charge is 0.394 e. The fourth-order valence-electron chi connectivity index (χ4n) is 2.77. The van der Waals surface area contributed by atoms with Gasteiger partial charge in [-0.25, -0.2) is 4.39 Å². The van der Waals surface area contributed by atoms with Gasteiger partial charge in [-0.1, -0.05) is 12.1 Å². The molecule has 104 valence electrons. The molecule has 3 rings (SSSR count). The van der Waals surface area contributed by atoms with Gasteiger partial charge in [0.15, 0.2) is 5.79 Å². The first kappa shape index (κ1) is 12.8. The molecule has 0 saturated carbocycles. The number of aliphatic hydroxyl groups is 1. The topological polar surface area (TPSA) is 41.9 Å². The van der Waals surface area contributed by atoms with Gasteiger partial charge in [-0.05, 0) is 12.1 Å². The van der Waals surface area contributed by atoms with Gasteiger partial charge in [-0.3, -0.25) is 0 Å². The fourth-order valence-corrected chi connectivity index (χ4v) is 2.77. The van der Waals surface area contributed by atoms with Crippen LogP contribution < -0.4 is 4.90 Å². The molecule has 2 saturated heterocycles. The average molecular weight is 267 g/mol. The number of halogens is 1. The maximum Gasteiger partial charge on any atom is 0.172 e. The first-order chi connectivity index (χ1) is 9.22. The molecule has 1 spiro atoms. The first-order valence-electron chi connectivity index (χ1n) is 6.64. The maximum absolute atomic E-state index is 13.7. The molecule has 4 nitrogen and oxygen atoms in total. The van der Waals surface area contributed by atoms with E-state index in [0.717, 1.165) is 0 Å². The minimum atomic E-state index is -0.574. The van der Waals surface area contributed by atoms with Crippen molar-refractivity contribution in [3.63, 3.8) is 0 Å². The summed E-state index contributed by atoms with van der Waals surface area (Å²) in [4.78, 5) is 2.01. The first-order valence-corrected chi connectivity index (χ1v) is 6.64. The maximum atomic E-state index is 13.7. The Hall–Kier alpha value is -1.17. The summed E-state index contributed by atoms with van der Waals surface area (Å²) in [6, 6.07) is 6.80. The Balaban J connectivity index is 1.66. The predicted octanol–water partition coefficient (Wildman–Crippen LogP) is 1.53. The standard InChI is InChI=1S/C14H18FNO3/c15-12-3-1-2-4-13(12)16-7-5-14(6-8-16)18-10-11(9-17)19-14/h1-4,11,17H,5-10H2. The summed E-state index contributed by atoms with van der Waals surface area (Å²) in [7, 11) is 0. The zero-order valence-corrected chi connectivity index (χ0v) is 10.7. The van der Waals surface area contributed by atoms with E-state index in [4.69, 9.17) is 14.6 Å². The molecule has 1 atom stereocenters. The summed E-state index contributed by atoms with van der Waals surface area (Å²) in [5, 5.41) is 9.08. The van der Waals surface area contributed by atoms with Gasteiger partial charge in [-0.15, -0.1) is 0 Å². The van der Waals surface area contributed by atoms with Crippen molar-refractivity contribution in [2.24, 2.45) is 0 Å². The number of nitrogens with zero attached hydrogens (tertiary/aromatic N) is 1. The Bertz CT molecular complexity index is 446. The summed E-state index contributed by atoms with van der Waals surface area (Å²) < 4.78 is 25.2. The monoisotopic (exact) mass is 267 g/mol. The molecule has 1 aromatic rings. The van der Waals surface area contributed by atoms with Crippen LogP contribution in [0.4, 0.5) is 10.1 Å². The Labute approximate surface area is 111 Å². The molecule has 0 aliphatic carbocycles. The fraction of sp³-hybridized carbons (Fsp3) is 0.571. The van der Waals surface area contributed by atoms with Crippen molar-refractivity contribution in [2.45, 2.75) is 24.7 Å². The molecule has 0 bridgehead atoms. The third-order valence-electron chi connectivity index (χ3n) is 3.84. The Morgan fingerprint density at radius 1 is 1.32 bits per heavy atom. The molecular weight excluding hydrogens is 249 g/mol. The van der Waals surface area contributed by atoms with E-state index in [-0.39, 0.29) is 18.5 Å². The normalized spacial score (nSPS) is 26.0. The van der Waals surface area contributed by atoms with Crippen molar-refractivity contribution in [1.29, 1.82) is 0 Å². The van der Waals surface area contributed by atoms with E-state index in [2.05, 4.69) is 0 Å². The molecule has 0 radical (unpaired) electrons. The number of rotatable bonds is 2. The number of benzene rings is 1. The van der Waals surface area contributed by atoms with Gasteiger partial charge >= 0.3 is 0 Å². The van der Waals surface area contributed by atoms with Crippen LogP contribution in [-0.4, -0.2) is 43.3 Å². The van der Waals surface area contributed by atoms with Crippen molar-refractivity contribution < 1.29 is 19.0 Å². The van der Waals surface area contributed by atoms with Gasteiger partial charge in [0.05, 0.1) is 18.9 Å². The lowest BCUT2D eigenvalue weighted by atomic mass is 10.0. The van der Waals surface area contributed by atoms with Crippen LogP contribution in [0.25, 0.3) is 0 Å². The number of hydrogen-bond acceptors (Lipinski definition) is 4. The van der Waals surface area contributed by atoms with Crippen LogP contribution in [0.15, 0.2) is 24.3 Å². The minimum absolute atomic E-state index is 0.0151. The lowest BCUT2D eigenvalue weighted by Crippen LogP contribution is -2.46. The second kappa shape index (κ2) is 5.07. The van der Waals surface area contributed by atoms with Crippen LogP contribution in [0.3, 0.4) is 0 Å². The Kier molecular flexibility index (Phi) is 3.43. The number of hydrogen-bond donors (Lipinski definition) is 1. The van der Waals surface area contributed by atoms with E-state index < -0.39 is 5.79 Å². The molecule has 2 fully saturated rings. The van der Waals surface area contributed by atoms with Crippen molar-refractivity contribution in [3.8, 4) is 0 Å². The van der Waals surface area contributed by atoms with Gasteiger partial charge in [0, 0.05) is 25.9 Å². The highest BCUT2D eigenvalue weighted by atomic mass is 19.1. The molecule has 2 aliphatic heterocycles. The minimum Gasteiger partial charge on any atom is -0.394 e. The zero-order valence-electron chi connectivity index (χ0n) is 10.7. The molecule has 1 unspecified atom stereocenters. The van der Waals surface area contributed by atoms with Gasteiger partial charge in [0.2, 0.25) is 0 Å². The van der Waals surface area contributed by atoms with Crippen LogP contribution in [0, 0.1) is 5.82 Å². The molecule has 0 aromatic heterocycles. The summed E-state index contributed by atoms with van der Waals surface area (Å²) in [6.07, 6.45) is 1.16. The lowest BCUT2D eigenvalue weighted by molar-refractivity contribution is -0.183. The molecule has 0 amide bonds. The van der Waals surface area contributed by atoms with Crippen molar-refractivity contribution in [1.82, 2.24) is 0 Å². The second-order valence-corrected chi connectivity index (χ2v) is 5.08. The van der Waals surface area contributed by atoms with Crippen LogP contribution in [-0.2, 0) is 9.47 Å². The van der Waals surface area contributed by atoms with Crippen LogP contribution in [0.1, 0.15) is 12.8 Å². The van der Waals surface area contributed by atoms with Gasteiger partial charge in [-0.2, -0.15) is 0 Å². The summed E-state index contributed by atoms with van der Waals surface area (Å²) in [5.41, 5.74) is 0.633. The quantitative estimate of drug-likeness (QED) is 0.882. The highest BCUT2D eigenvalue weighted by Crippen LogP contribution is 2.35. The van der Waals surface area contributed by atoms with Crippen molar-refractivity contribution >= 4 is 5.69 Å². The van der Waals surface area contributed by atoms with E-state index in [9.17, 15) is 4.39 Å². The SMILES string of the molecule is OCC1COC2(CCN(c3ccccc3F)CC2)O1. The summed E-state index contributed by atoms with van der Waals surface area (Å²) in [5.74, 6) is -0.769. The molecule has 2 heterocycles. The van der Waals surface area contributed by atoms with Crippen LogP contribution in [0.2, 0.25) is 0 Å².